The van der Waals surface area contributed by atoms with Crippen LogP contribution < -0.4 is 16.6 Å². The zero-order chi connectivity index (χ0) is 15.4. The molecule has 0 radical (unpaired) electrons. The van der Waals surface area contributed by atoms with Gasteiger partial charge in [-0.05, 0) is 31.0 Å². The molecule has 1 atom stereocenters. The summed E-state index contributed by atoms with van der Waals surface area (Å²) in [4.78, 5) is 19.9. The number of amides is 1. The molecular weight excluding hydrogens is 273 g/mol. The molecule has 0 aliphatic heterocycles. The third kappa shape index (κ3) is 3.51. The molecule has 0 aliphatic carbocycles. The van der Waals surface area contributed by atoms with E-state index in [4.69, 9.17) is 5.84 Å². The normalized spacial score (nSPS) is 11.8. The van der Waals surface area contributed by atoms with E-state index >= 15 is 0 Å². The van der Waals surface area contributed by atoms with Gasteiger partial charge in [-0.3, -0.25) is 4.79 Å². The van der Waals surface area contributed by atoms with E-state index < -0.39 is 0 Å². The lowest BCUT2D eigenvalue weighted by atomic mass is 10.1. The number of nitrogen functional groups attached to an aromatic ring is 1. The van der Waals surface area contributed by atoms with Crippen molar-refractivity contribution in [2.45, 2.75) is 19.9 Å². The predicted molar refractivity (Wildman–Crippen MR) is 76.9 cm³/mol. The summed E-state index contributed by atoms with van der Waals surface area (Å²) in [5, 5.41) is 2.74. The maximum atomic E-state index is 13.5. The van der Waals surface area contributed by atoms with E-state index in [1.54, 1.807) is 26.0 Å². The number of hydrogen-bond donors (Lipinski definition) is 3. The second kappa shape index (κ2) is 6.27. The Balaban J connectivity index is 2.08. The molecular formula is C14H16FN5O. The zero-order valence-corrected chi connectivity index (χ0v) is 11.7. The monoisotopic (exact) mass is 289 g/mol. The molecule has 0 spiro atoms. The Hall–Kier alpha value is -2.54. The van der Waals surface area contributed by atoms with E-state index in [0.29, 0.717) is 16.9 Å². The Morgan fingerprint density at radius 2 is 2.10 bits per heavy atom. The Bertz CT molecular complexity index is 644. The summed E-state index contributed by atoms with van der Waals surface area (Å²) in [5.41, 5.74) is 3.73. The summed E-state index contributed by atoms with van der Waals surface area (Å²) in [6.07, 6.45) is 2.66. The largest absolute Gasteiger partial charge is 0.344 e. The first-order valence-corrected chi connectivity index (χ1v) is 6.37. The number of nitrogens with two attached hydrogens (primary N) is 1. The molecule has 1 amide bonds. The molecule has 21 heavy (non-hydrogen) atoms. The maximum absolute atomic E-state index is 13.5. The fourth-order valence-electron chi connectivity index (χ4n) is 1.75. The lowest BCUT2D eigenvalue weighted by Crippen LogP contribution is -2.27. The number of hydrazine groups is 1. The third-order valence-electron chi connectivity index (χ3n) is 3.08. The Labute approximate surface area is 121 Å². The fraction of sp³-hybridized carbons (Fsp3) is 0.214. The van der Waals surface area contributed by atoms with Gasteiger partial charge in [0, 0.05) is 0 Å². The minimum atomic E-state index is -0.389. The highest BCUT2D eigenvalue weighted by Gasteiger charge is 2.14. The van der Waals surface area contributed by atoms with E-state index in [9.17, 15) is 9.18 Å². The summed E-state index contributed by atoms with van der Waals surface area (Å²) >= 11 is 0. The molecule has 0 bridgehead atoms. The molecule has 1 heterocycles. The number of anilines is 1. The summed E-state index contributed by atoms with van der Waals surface area (Å²) in [5.74, 6) is 4.84. The number of carbonyl (C=O) groups is 1. The van der Waals surface area contributed by atoms with E-state index in [1.807, 2.05) is 0 Å². The summed E-state index contributed by atoms with van der Waals surface area (Å²) in [6, 6.07) is 4.51. The molecule has 2 aromatic rings. The lowest BCUT2D eigenvalue weighted by molar-refractivity contribution is 0.0934. The topological polar surface area (TPSA) is 92.9 Å². The number of rotatable bonds is 4. The number of aromatic nitrogens is 2. The van der Waals surface area contributed by atoms with Crippen LogP contribution in [-0.2, 0) is 0 Å². The predicted octanol–water partition coefficient (Wildman–Crippen LogP) is 1.70. The van der Waals surface area contributed by atoms with Crippen LogP contribution in [0.1, 0.15) is 34.6 Å². The molecule has 0 saturated carbocycles. The molecule has 7 heteroatoms. The number of nitrogens with zero attached hydrogens (tertiary/aromatic N) is 2. The first kappa shape index (κ1) is 14.9. The molecule has 0 fully saturated rings. The van der Waals surface area contributed by atoms with Gasteiger partial charge in [0.15, 0.2) is 5.82 Å². The number of nitrogens with one attached hydrogen (secondary N) is 2. The summed E-state index contributed by atoms with van der Waals surface area (Å²) < 4.78 is 13.5. The number of benzene rings is 1. The highest BCUT2D eigenvalue weighted by molar-refractivity contribution is 5.92. The molecule has 1 unspecified atom stereocenters. The number of halogens is 1. The van der Waals surface area contributed by atoms with Crippen LogP contribution >= 0.6 is 0 Å². The molecule has 1 aromatic carbocycles. The van der Waals surface area contributed by atoms with Crippen LogP contribution in [0, 0.1) is 12.7 Å². The van der Waals surface area contributed by atoms with Crippen LogP contribution in [0.5, 0.6) is 0 Å². The van der Waals surface area contributed by atoms with Gasteiger partial charge in [-0.2, -0.15) is 0 Å². The second-order valence-electron chi connectivity index (χ2n) is 4.63. The number of carbonyl (C=O) groups excluding carboxylic acids is 1. The molecule has 2 rings (SSSR count). The molecule has 0 saturated heterocycles. The molecule has 6 nitrogen and oxygen atoms in total. The van der Waals surface area contributed by atoms with E-state index in [0.717, 1.165) is 0 Å². The van der Waals surface area contributed by atoms with Gasteiger partial charge in [-0.25, -0.2) is 20.2 Å². The summed E-state index contributed by atoms with van der Waals surface area (Å²) in [7, 11) is 0. The van der Waals surface area contributed by atoms with Crippen molar-refractivity contribution >= 4 is 11.7 Å². The van der Waals surface area contributed by atoms with Gasteiger partial charge in [0.25, 0.3) is 5.91 Å². The smallest absolute Gasteiger partial charge is 0.271 e. The Morgan fingerprint density at radius 3 is 2.67 bits per heavy atom. The van der Waals surface area contributed by atoms with Crippen LogP contribution in [-0.4, -0.2) is 15.9 Å². The third-order valence-corrected chi connectivity index (χ3v) is 3.08. The standard InChI is InChI=1S/C14H16FN5O/c1-8-3-4-10(5-11(8)15)9(2)19-14(21)12-6-18-13(20-16)7-17-12/h3-7,9H,16H2,1-2H3,(H,18,20)(H,19,21). The number of aryl methyl sites for hydroxylation is 1. The van der Waals surface area contributed by atoms with Gasteiger partial charge in [-0.1, -0.05) is 12.1 Å². The average molecular weight is 289 g/mol. The second-order valence-corrected chi connectivity index (χ2v) is 4.63. The first-order chi connectivity index (χ1) is 10.0. The summed E-state index contributed by atoms with van der Waals surface area (Å²) in [6.45, 7) is 3.45. The number of hydrogen-bond acceptors (Lipinski definition) is 5. The van der Waals surface area contributed by atoms with Crippen molar-refractivity contribution in [2.24, 2.45) is 5.84 Å². The van der Waals surface area contributed by atoms with Crippen molar-refractivity contribution in [2.75, 3.05) is 5.43 Å². The van der Waals surface area contributed by atoms with Crippen molar-refractivity contribution in [3.63, 3.8) is 0 Å². The highest BCUT2D eigenvalue weighted by atomic mass is 19.1. The van der Waals surface area contributed by atoms with Crippen LogP contribution in [0.3, 0.4) is 0 Å². The Morgan fingerprint density at radius 1 is 1.33 bits per heavy atom. The van der Waals surface area contributed by atoms with Crippen LogP contribution in [0.15, 0.2) is 30.6 Å². The van der Waals surface area contributed by atoms with Gasteiger partial charge in [0.1, 0.15) is 11.5 Å². The molecule has 0 aliphatic rings. The van der Waals surface area contributed by atoms with Crippen LogP contribution in [0.4, 0.5) is 10.2 Å². The van der Waals surface area contributed by atoms with Gasteiger partial charge >= 0.3 is 0 Å². The average Bonchev–Trinajstić information content (AvgIpc) is 2.50. The van der Waals surface area contributed by atoms with Gasteiger partial charge in [-0.15, -0.1) is 0 Å². The van der Waals surface area contributed by atoms with Crippen LogP contribution in [0.25, 0.3) is 0 Å². The molecule has 4 N–H and O–H groups in total. The van der Waals surface area contributed by atoms with Crippen LogP contribution in [0.2, 0.25) is 0 Å². The first-order valence-electron chi connectivity index (χ1n) is 6.37. The lowest BCUT2D eigenvalue weighted by Gasteiger charge is -2.14. The highest BCUT2D eigenvalue weighted by Crippen LogP contribution is 2.16. The minimum Gasteiger partial charge on any atom is -0.344 e. The minimum absolute atomic E-state index is 0.161. The van der Waals surface area contributed by atoms with Gasteiger partial charge < -0.3 is 10.7 Å². The van der Waals surface area contributed by atoms with Crippen molar-refractivity contribution in [3.05, 3.63) is 53.2 Å². The van der Waals surface area contributed by atoms with Crippen molar-refractivity contribution in [1.82, 2.24) is 15.3 Å². The maximum Gasteiger partial charge on any atom is 0.271 e. The van der Waals surface area contributed by atoms with E-state index in [2.05, 4.69) is 20.7 Å². The van der Waals surface area contributed by atoms with Crippen molar-refractivity contribution in [1.29, 1.82) is 0 Å². The van der Waals surface area contributed by atoms with Gasteiger partial charge in [0.2, 0.25) is 0 Å². The zero-order valence-electron chi connectivity index (χ0n) is 11.7. The van der Waals surface area contributed by atoms with Crippen molar-refractivity contribution < 1.29 is 9.18 Å². The molecule has 110 valence electrons. The van der Waals surface area contributed by atoms with Gasteiger partial charge in [0.05, 0.1) is 18.4 Å². The quantitative estimate of drug-likeness (QED) is 0.588. The SMILES string of the molecule is Cc1ccc(C(C)NC(=O)c2cnc(NN)cn2)cc1F. The van der Waals surface area contributed by atoms with E-state index in [1.165, 1.54) is 18.5 Å². The Kier molecular flexibility index (Phi) is 4.44. The fourth-order valence-corrected chi connectivity index (χ4v) is 1.75. The van der Waals surface area contributed by atoms with E-state index in [-0.39, 0.29) is 23.5 Å². The molecule has 1 aromatic heterocycles. The van der Waals surface area contributed by atoms with Crippen molar-refractivity contribution in [3.8, 4) is 0 Å².